The van der Waals surface area contributed by atoms with Gasteiger partial charge in [-0.2, -0.15) is 0 Å². The molecule has 0 aliphatic heterocycles. The first kappa shape index (κ1) is 11.8. The third kappa shape index (κ3) is 2.61. The van der Waals surface area contributed by atoms with Crippen molar-refractivity contribution in [3.63, 3.8) is 0 Å². The maximum atomic E-state index is 11.2. The molecule has 0 heterocycles. The molecule has 1 rings (SSSR count). The molecular formula is C10H18N2O3. The van der Waals surface area contributed by atoms with Crippen molar-refractivity contribution < 1.29 is 14.7 Å². The zero-order chi connectivity index (χ0) is 11.5. The average Bonchev–Trinajstić information content (AvgIpc) is 2.21. The predicted molar refractivity (Wildman–Crippen MR) is 55.6 cm³/mol. The fourth-order valence-electron chi connectivity index (χ4n) is 1.93. The van der Waals surface area contributed by atoms with Crippen LogP contribution in [0.4, 0.5) is 4.79 Å². The second-order valence-electron chi connectivity index (χ2n) is 4.27. The second kappa shape index (κ2) is 4.51. The van der Waals surface area contributed by atoms with Crippen LogP contribution in [0.15, 0.2) is 0 Å². The molecule has 1 aliphatic rings. The van der Waals surface area contributed by atoms with Crippen molar-refractivity contribution in [2.24, 2.45) is 5.92 Å². The summed E-state index contributed by atoms with van der Waals surface area (Å²) in [5.41, 5.74) is -1.06. The quantitative estimate of drug-likeness (QED) is 0.640. The van der Waals surface area contributed by atoms with Crippen LogP contribution in [0.5, 0.6) is 0 Å². The van der Waals surface area contributed by atoms with Crippen LogP contribution in [-0.4, -0.2) is 29.7 Å². The average molecular weight is 214 g/mol. The number of nitrogens with one attached hydrogen (secondary N) is 2. The zero-order valence-electron chi connectivity index (χ0n) is 9.17. The highest BCUT2D eigenvalue weighted by molar-refractivity contribution is 5.86. The monoisotopic (exact) mass is 214 g/mol. The number of carboxylic acids is 1. The Morgan fingerprint density at radius 3 is 2.27 bits per heavy atom. The molecule has 86 valence electrons. The highest BCUT2D eigenvalue weighted by atomic mass is 16.4. The molecule has 15 heavy (non-hydrogen) atoms. The maximum absolute atomic E-state index is 11.2. The molecule has 0 aromatic heterocycles. The minimum Gasteiger partial charge on any atom is -0.480 e. The molecule has 0 spiro atoms. The van der Waals surface area contributed by atoms with Gasteiger partial charge in [0.1, 0.15) is 5.54 Å². The third-order valence-electron chi connectivity index (χ3n) is 3.12. The maximum Gasteiger partial charge on any atom is 0.329 e. The van der Waals surface area contributed by atoms with E-state index in [0.717, 1.165) is 12.8 Å². The number of carboxylic acid groups (broad SMARTS) is 1. The zero-order valence-corrected chi connectivity index (χ0v) is 9.17. The van der Waals surface area contributed by atoms with E-state index in [0.29, 0.717) is 18.8 Å². The highest BCUT2D eigenvalue weighted by Gasteiger charge is 2.42. The van der Waals surface area contributed by atoms with E-state index in [1.165, 1.54) is 7.05 Å². The van der Waals surface area contributed by atoms with E-state index in [9.17, 15) is 14.7 Å². The molecule has 1 saturated carbocycles. The van der Waals surface area contributed by atoms with E-state index in [1.807, 2.05) is 0 Å². The van der Waals surface area contributed by atoms with Crippen LogP contribution in [0.1, 0.15) is 32.6 Å². The van der Waals surface area contributed by atoms with Gasteiger partial charge in [0, 0.05) is 7.05 Å². The van der Waals surface area contributed by atoms with Gasteiger partial charge in [0.15, 0.2) is 0 Å². The van der Waals surface area contributed by atoms with Gasteiger partial charge in [0.2, 0.25) is 0 Å². The molecule has 0 bridgehead atoms. The van der Waals surface area contributed by atoms with Crippen LogP contribution < -0.4 is 10.6 Å². The first-order chi connectivity index (χ1) is 7.00. The minimum atomic E-state index is -1.06. The van der Waals surface area contributed by atoms with E-state index in [-0.39, 0.29) is 0 Å². The molecule has 5 nitrogen and oxygen atoms in total. The summed E-state index contributed by atoms with van der Waals surface area (Å²) in [5, 5.41) is 14.1. The molecular weight excluding hydrogens is 196 g/mol. The van der Waals surface area contributed by atoms with E-state index in [4.69, 9.17) is 0 Å². The largest absolute Gasteiger partial charge is 0.480 e. The number of urea groups is 1. The summed E-state index contributed by atoms with van der Waals surface area (Å²) in [4.78, 5) is 22.4. The molecule has 0 radical (unpaired) electrons. The number of hydrogen-bond donors (Lipinski definition) is 3. The van der Waals surface area contributed by atoms with Crippen LogP contribution in [-0.2, 0) is 4.79 Å². The van der Waals surface area contributed by atoms with Crippen LogP contribution in [0, 0.1) is 5.92 Å². The van der Waals surface area contributed by atoms with Crippen molar-refractivity contribution in [1.82, 2.24) is 10.6 Å². The second-order valence-corrected chi connectivity index (χ2v) is 4.27. The number of carbonyl (C=O) groups is 2. The van der Waals surface area contributed by atoms with Gasteiger partial charge in [-0.1, -0.05) is 6.92 Å². The smallest absolute Gasteiger partial charge is 0.329 e. The third-order valence-corrected chi connectivity index (χ3v) is 3.12. The minimum absolute atomic E-state index is 0.424. The standard InChI is InChI=1S/C10H18N2O3/c1-7-3-5-10(6-4-7,8(13)14)12-9(15)11-2/h7H,3-6H2,1-2H3,(H,13,14)(H2,11,12,15). The molecule has 3 N–H and O–H groups in total. The topological polar surface area (TPSA) is 78.4 Å². The first-order valence-electron chi connectivity index (χ1n) is 5.23. The Kier molecular flexibility index (Phi) is 3.55. The van der Waals surface area contributed by atoms with E-state index in [1.54, 1.807) is 0 Å². The van der Waals surface area contributed by atoms with Crippen molar-refractivity contribution in [2.45, 2.75) is 38.1 Å². The number of hydrogen-bond acceptors (Lipinski definition) is 2. The van der Waals surface area contributed by atoms with Gasteiger partial charge in [0.25, 0.3) is 0 Å². The summed E-state index contributed by atoms with van der Waals surface area (Å²) >= 11 is 0. The Labute approximate surface area is 89.2 Å². The van der Waals surface area contributed by atoms with E-state index in [2.05, 4.69) is 17.6 Å². The van der Waals surface area contributed by atoms with Gasteiger partial charge in [0.05, 0.1) is 0 Å². The van der Waals surface area contributed by atoms with Gasteiger partial charge >= 0.3 is 12.0 Å². The summed E-state index contributed by atoms with van der Waals surface area (Å²) in [6.07, 6.45) is 2.71. The highest BCUT2D eigenvalue weighted by Crippen LogP contribution is 2.32. The number of carbonyl (C=O) groups excluding carboxylic acids is 1. The van der Waals surface area contributed by atoms with E-state index < -0.39 is 17.5 Å². The molecule has 0 saturated heterocycles. The van der Waals surface area contributed by atoms with Crippen LogP contribution >= 0.6 is 0 Å². The summed E-state index contributed by atoms with van der Waals surface area (Å²) in [7, 11) is 1.48. The van der Waals surface area contributed by atoms with Crippen molar-refractivity contribution in [2.75, 3.05) is 7.05 Å². The molecule has 5 heteroatoms. The first-order valence-corrected chi connectivity index (χ1v) is 5.23. The van der Waals surface area contributed by atoms with Gasteiger partial charge in [-0.05, 0) is 31.6 Å². The Bertz CT molecular complexity index is 257. The van der Waals surface area contributed by atoms with Gasteiger partial charge < -0.3 is 15.7 Å². The fraction of sp³-hybridized carbons (Fsp3) is 0.800. The molecule has 0 atom stereocenters. The lowest BCUT2D eigenvalue weighted by Gasteiger charge is -2.36. The molecule has 0 aromatic rings. The van der Waals surface area contributed by atoms with Crippen LogP contribution in [0.3, 0.4) is 0 Å². The lowest BCUT2D eigenvalue weighted by atomic mass is 9.77. The van der Waals surface area contributed by atoms with Gasteiger partial charge in [-0.15, -0.1) is 0 Å². The van der Waals surface area contributed by atoms with E-state index >= 15 is 0 Å². The van der Waals surface area contributed by atoms with Crippen molar-refractivity contribution in [3.8, 4) is 0 Å². The van der Waals surface area contributed by atoms with Crippen molar-refractivity contribution in [3.05, 3.63) is 0 Å². The molecule has 2 amide bonds. The molecule has 0 unspecified atom stereocenters. The lowest BCUT2D eigenvalue weighted by molar-refractivity contribution is -0.146. The normalized spacial score (nSPS) is 30.7. The SMILES string of the molecule is CNC(=O)NC1(C(=O)O)CCC(C)CC1. The Morgan fingerprint density at radius 1 is 1.33 bits per heavy atom. The van der Waals surface area contributed by atoms with Crippen LogP contribution in [0.25, 0.3) is 0 Å². The van der Waals surface area contributed by atoms with Gasteiger partial charge in [-0.3, -0.25) is 0 Å². The summed E-state index contributed by atoms with van der Waals surface area (Å²) in [6, 6.07) is -0.424. The molecule has 0 aromatic carbocycles. The Balaban J connectivity index is 2.71. The number of aliphatic carboxylic acids is 1. The number of amides is 2. The van der Waals surface area contributed by atoms with Crippen molar-refractivity contribution >= 4 is 12.0 Å². The van der Waals surface area contributed by atoms with Crippen molar-refractivity contribution in [1.29, 1.82) is 0 Å². The molecule has 1 aliphatic carbocycles. The fourth-order valence-corrected chi connectivity index (χ4v) is 1.93. The summed E-state index contributed by atoms with van der Waals surface area (Å²) < 4.78 is 0. The Morgan fingerprint density at radius 2 is 1.87 bits per heavy atom. The van der Waals surface area contributed by atoms with Gasteiger partial charge in [-0.25, -0.2) is 9.59 Å². The molecule has 1 fully saturated rings. The number of rotatable bonds is 2. The summed E-state index contributed by atoms with van der Waals surface area (Å²) in [5.74, 6) is -0.387. The summed E-state index contributed by atoms with van der Waals surface area (Å²) in [6.45, 7) is 2.10. The van der Waals surface area contributed by atoms with Crippen LogP contribution in [0.2, 0.25) is 0 Å². The predicted octanol–water partition coefficient (Wildman–Crippen LogP) is 0.949. The Hall–Kier alpha value is -1.26. The lowest BCUT2D eigenvalue weighted by Crippen LogP contribution is -2.58.